The summed E-state index contributed by atoms with van der Waals surface area (Å²) in [6, 6.07) is 8.73. The number of halogens is 1. The van der Waals surface area contributed by atoms with Crippen molar-refractivity contribution in [2.24, 2.45) is 5.92 Å². The number of epoxide rings is 1. The van der Waals surface area contributed by atoms with E-state index in [0.717, 1.165) is 11.1 Å². The second kappa shape index (κ2) is 15.0. The van der Waals surface area contributed by atoms with Gasteiger partial charge < -0.3 is 33.7 Å². The minimum absolute atomic E-state index is 0.0410. The third kappa shape index (κ3) is 8.19. The summed E-state index contributed by atoms with van der Waals surface area (Å²) in [6.45, 7) is 5.41. The van der Waals surface area contributed by atoms with Gasteiger partial charge in [0, 0.05) is 44.3 Å². The van der Waals surface area contributed by atoms with E-state index in [1.165, 1.54) is 43.4 Å². The highest BCUT2D eigenvalue weighted by Gasteiger charge is 2.64. The van der Waals surface area contributed by atoms with Crippen LogP contribution in [0.5, 0.6) is 5.75 Å². The molecule has 0 aromatic heterocycles. The Hall–Kier alpha value is -4.50. The SMILES string of the molecule is COc1cc2cc(c1Cl)N(C)C(=O)C[C@H](OC(=O)Nc1ccc([N+](=O)[O-])cc1)[C@]1(C)O[C@H]1[C@H](C)[C@@H]1C[C@@](O)(CC(=O)O1)[C@H](OC)/C=C/C=C(\C)C2. The number of amides is 2. The molecule has 3 aliphatic heterocycles. The van der Waals surface area contributed by atoms with E-state index >= 15 is 0 Å². The molecule has 274 valence electrons. The van der Waals surface area contributed by atoms with Crippen molar-refractivity contribution in [3.63, 3.8) is 0 Å². The van der Waals surface area contributed by atoms with Crippen LogP contribution in [-0.4, -0.2) is 84.9 Å². The van der Waals surface area contributed by atoms with Crippen molar-refractivity contribution in [1.29, 1.82) is 0 Å². The molecular weight excluding hydrogens is 686 g/mol. The predicted octanol–water partition coefficient (Wildman–Crippen LogP) is 5.53. The normalized spacial score (nSPS) is 31.3. The highest BCUT2D eigenvalue weighted by atomic mass is 35.5. The number of nitro benzene ring substituents is 1. The van der Waals surface area contributed by atoms with Crippen LogP contribution in [-0.2, 0) is 35.0 Å². The van der Waals surface area contributed by atoms with Crippen LogP contribution < -0.4 is 15.0 Å². The van der Waals surface area contributed by atoms with Crippen molar-refractivity contribution in [2.45, 2.75) is 82.1 Å². The zero-order valence-electron chi connectivity index (χ0n) is 29.2. The number of ether oxygens (including phenoxy) is 5. The van der Waals surface area contributed by atoms with E-state index in [4.69, 9.17) is 35.3 Å². The quantitative estimate of drug-likeness (QED) is 0.171. The van der Waals surface area contributed by atoms with Gasteiger partial charge in [-0.2, -0.15) is 0 Å². The number of hydrogen-bond donors (Lipinski definition) is 2. The zero-order valence-corrected chi connectivity index (χ0v) is 30.0. The molecule has 0 saturated carbocycles. The molecule has 2 aromatic carbocycles. The molecule has 2 N–H and O–H groups in total. The number of allylic oxidation sites excluding steroid dienone is 3. The first-order valence-electron chi connectivity index (χ1n) is 16.4. The number of carbonyl (C=O) groups is 3. The number of non-ortho nitro benzene ring substituents is 1. The second-order valence-corrected chi connectivity index (χ2v) is 13.8. The predicted molar refractivity (Wildman–Crippen MR) is 187 cm³/mol. The number of hydrogen-bond acceptors (Lipinski definition) is 11. The third-order valence-corrected chi connectivity index (χ3v) is 10.2. The molecule has 0 unspecified atom stereocenters. The van der Waals surface area contributed by atoms with E-state index in [-0.39, 0.29) is 35.7 Å². The number of rotatable bonds is 5. The highest BCUT2D eigenvalue weighted by molar-refractivity contribution is 6.35. The van der Waals surface area contributed by atoms with Crippen LogP contribution in [0.4, 0.5) is 21.9 Å². The number of nitrogens with one attached hydrogen (secondary N) is 1. The van der Waals surface area contributed by atoms with Gasteiger partial charge in [0.25, 0.3) is 5.69 Å². The van der Waals surface area contributed by atoms with Crippen LogP contribution in [0.2, 0.25) is 5.02 Å². The van der Waals surface area contributed by atoms with Gasteiger partial charge in [-0.05, 0) is 50.1 Å². The average molecular weight is 728 g/mol. The molecule has 2 saturated heterocycles. The van der Waals surface area contributed by atoms with Crippen LogP contribution in [0.3, 0.4) is 0 Å². The van der Waals surface area contributed by atoms with E-state index in [1.807, 2.05) is 13.0 Å². The van der Waals surface area contributed by atoms with Crippen molar-refractivity contribution in [1.82, 2.24) is 0 Å². The fraction of sp³-hybridized carbons (Fsp3) is 0.472. The summed E-state index contributed by atoms with van der Waals surface area (Å²) in [4.78, 5) is 52.0. The van der Waals surface area contributed by atoms with Crippen molar-refractivity contribution in [3.05, 3.63) is 80.9 Å². The van der Waals surface area contributed by atoms with Gasteiger partial charge in [0.1, 0.15) is 40.3 Å². The summed E-state index contributed by atoms with van der Waals surface area (Å²) in [5.74, 6) is -1.21. The summed E-state index contributed by atoms with van der Waals surface area (Å²) in [5.41, 5.74) is -0.639. The van der Waals surface area contributed by atoms with E-state index < -0.39 is 64.4 Å². The summed E-state index contributed by atoms with van der Waals surface area (Å²) in [6.07, 6.45) is 0.818. The van der Waals surface area contributed by atoms with Crippen molar-refractivity contribution in [2.75, 3.05) is 31.5 Å². The number of methoxy groups -OCH3 is 2. The van der Waals surface area contributed by atoms with E-state index in [9.17, 15) is 29.6 Å². The van der Waals surface area contributed by atoms with Gasteiger partial charge in [-0.15, -0.1) is 0 Å². The number of benzene rings is 2. The molecule has 2 amide bonds. The number of fused-ring (bicyclic) bond motifs is 5. The van der Waals surface area contributed by atoms with Gasteiger partial charge in [-0.25, -0.2) is 4.79 Å². The monoisotopic (exact) mass is 727 g/mol. The lowest BCUT2D eigenvalue weighted by atomic mass is 9.78. The zero-order chi connectivity index (χ0) is 37.2. The Kier molecular flexibility index (Phi) is 11.1. The first-order chi connectivity index (χ1) is 24.1. The summed E-state index contributed by atoms with van der Waals surface area (Å²) >= 11 is 6.72. The molecule has 0 aliphatic carbocycles. The van der Waals surface area contributed by atoms with Crippen LogP contribution in [0, 0.1) is 16.0 Å². The topological polar surface area (TPSA) is 179 Å². The first-order valence-corrected chi connectivity index (χ1v) is 16.8. The molecule has 3 heterocycles. The van der Waals surface area contributed by atoms with Crippen LogP contribution in [0.25, 0.3) is 0 Å². The fourth-order valence-corrected chi connectivity index (χ4v) is 7.11. The number of esters is 1. The maximum absolute atomic E-state index is 14.0. The van der Waals surface area contributed by atoms with Crippen molar-refractivity contribution < 1.29 is 48.1 Å². The van der Waals surface area contributed by atoms with Gasteiger partial charge in [0.05, 0.1) is 36.7 Å². The highest BCUT2D eigenvalue weighted by Crippen LogP contribution is 2.49. The lowest BCUT2D eigenvalue weighted by Gasteiger charge is -2.41. The molecule has 7 atom stereocenters. The molecule has 3 aliphatic rings. The van der Waals surface area contributed by atoms with Crippen LogP contribution in [0.15, 0.2) is 60.2 Å². The Morgan fingerprint density at radius 3 is 2.55 bits per heavy atom. The fourth-order valence-electron chi connectivity index (χ4n) is 6.80. The Morgan fingerprint density at radius 1 is 1.20 bits per heavy atom. The second-order valence-electron chi connectivity index (χ2n) is 13.4. The molecule has 0 spiro atoms. The number of anilines is 2. The maximum atomic E-state index is 14.0. The Bertz CT molecular complexity index is 1750. The standard InChI is InChI=1S/C36H42ClN3O11/c1-20-8-7-9-28(48-6)36(44)18-27(49-31(42)19-36)21(2)33-35(3,51-33)29(50-34(43)38-23-10-12-24(13-11-23)40(45)46)17-30(41)39(4)25-15-22(14-20)16-26(47-5)32(25)37/h7-13,15-16,21,27-29,33,44H,14,17-19H2,1-6H3,(H,38,43)/b9-7+,20-8+/t21-,27+,28-,29+,33+,35+,36-/m1/s1. The molecule has 51 heavy (non-hydrogen) atoms. The van der Waals surface area contributed by atoms with Crippen molar-refractivity contribution >= 4 is 46.6 Å². The lowest BCUT2D eigenvalue weighted by molar-refractivity contribution is -0.384. The Labute approximate surface area is 300 Å². The average Bonchev–Trinajstić information content (AvgIpc) is 3.77. The molecule has 4 bridgehead atoms. The van der Waals surface area contributed by atoms with E-state index in [0.29, 0.717) is 17.9 Å². The number of aliphatic hydroxyl groups is 1. The number of nitrogens with zero attached hydrogens (tertiary/aromatic N) is 2. The van der Waals surface area contributed by atoms with Gasteiger partial charge >= 0.3 is 12.1 Å². The third-order valence-electron chi connectivity index (χ3n) is 9.78. The smallest absolute Gasteiger partial charge is 0.412 e. The van der Waals surface area contributed by atoms with Crippen molar-refractivity contribution in [3.8, 4) is 5.75 Å². The van der Waals surface area contributed by atoms with E-state index in [2.05, 4.69) is 5.32 Å². The lowest BCUT2D eigenvalue weighted by Crippen LogP contribution is -2.53. The molecule has 2 aromatic rings. The largest absolute Gasteiger partial charge is 0.495 e. The number of nitro groups is 1. The minimum Gasteiger partial charge on any atom is -0.495 e. The number of carbonyl (C=O) groups excluding carboxylic acids is 3. The van der Waals surface area contributed by atoms with Crippen LogP contribution in [0.1, 0.15) is 45.6 Å². The maximum Gasteiger partial charge on any atom is 0.412 e. The minimum atomic E-state index is -1.59. The molecule has 0 radical (unpaired) electrons. The van der Waals surface area contributed by atoms with Crippen LogP contribution >= 0.6 is 11.6 Å². The summed E-state index contributed by atoms with van der Waals surface area (Å²) in [7, 11) is 4.49. The van der Waals surface area contributed by atoms with Gasteiger partial charge in [-0.3, -0.25) is 25.0 Å². The summed E-state index contributed by atoms with van der Waals surface area (Å²) in [5, 5.41) is 25.6. The first kappa shape index (κ1) is 37.7. The van der Waals surface area contributed by atoms with Gasteiger partial charge in [0.15, 0.2) is 0 Å². The molecule has 2 fully saturated rings. The molecule has 14 nitrogen and oxygen atoms in total. The summed E-state index contributed by atoms with van der Waals surface area (Å²) < 4.78 is 29.0. The van der Waals surface area contributed by atoms with E-state index in [1.54, 1.807) is 45.2 Å². The van der Waals surface area contributed by atoms with Gasteiger partial charge in [0.2, 0.25) is 5.91 Å². The van der Waals surface area contributed by atoms with Gasteiger partial charge in [-0.1, -0.05) is 42.3 Å². The molecule has 5 rings (SSSR count). The Morgan fingerprint density at radius 2 is 1.90 bits per heavy atom. The Balaban J connectivity index is 1.52. The molecular formula is C36H42ClN3O11. The molecule has 15 heteroatoms.